The van der Waals surface area contributed by atoms with Gasteiger partial charge in [0.2, 0.25) is 11.7 Å². The predicted octanol–water partition coefficient (Wildman–Crippen LogP) is 4.06. The fraction of sp³-hybridized carbons (Fsp3) is 0.0625. The topological polar surface area (TPSA) is 68.0 Å². The van der Waals surface area contributed by atoms with Crippen LogP contribution in [0.3, 0.4) is 0 Å². The summed E-state index contributed by atoms with van der Waals surface area (Å²) in [6, 6.07) is 14.5. The van der Waals surface area contributed by atoms with Crippen LogP contribution in [0.2, 0.25) is 0 Å². The van der Waals surface area contributed by atoms with E-state index in [-0.39, 0.29) is 5.91 Å². The van der Waals surface area contributed by atoms with Crippen molar-refractivity contribution in [2.75, 3.05) is 5.32 Å². The third-order valence-electron chi connectivity index (χ3n) is 2.99. The summed E-state index contributed by atoms with van der Waals surface area (Å²) in [5, 5.41) is 6.71. The number of halogens is 1. The van der Waals surface area contributed by atoms with Crippen LogP contribution < -0.4 is 5.32 Å². The maximum atomic E-state index is 12.3. The van der Waals surface area contributed by atoms with Gasteiger partial charge in [0.05, 0.1) is 0 Å². The van der Waals surface area contributed by atoms with Gasteiger partial charge in [-0.15, -0.1) is 0 Å². The zero-order chi connectivity index (χ0) is 15.5. The van der Waals surface area contributed by atoms with E-state index < -0.39 is 0 Å². The molecule has 5 nitrogen and oxygen atoms in total. The monoisotopic (exact) mass is 357 g/mol. The maximum absolute atomic E-state index is 12.3. The molecule has 3 aromatic rings. The van der Waals surface area contributed by atoms with E-state index >= 15 is 0 Å². The Labute approximate surface area is 135 Å². The van der Waals surface area contributed by atoms with Gasteiger partial charge in [0.25, 0.3) is 5.91 Å². The molecule has 110 valence electrons. The largest absolute Gasteiger partial charge is 0.339 e. The van der Waals surface area contributed by atoms with Crippen molar-refractivity contribution in [2.45, 2.75) is 6.92 Å². The van der Waals surface area contributed by atoms with Crippen LogP contribution >= 0.6 is 15.9 Å². The van der Waals surface area contributed by atoms with Crippen molar-refractivity contribution in [2.24, 2.45) is 0 Å². The van der Waals surface area contributed by atoms with Crippen molar-refractivity contribution in [3.63, 3.8) is 0 Å². The predicted molar refractivity (Wildman–Crippen MR) is 86.6 cm³/mol. The lowest BCUT2D eigenvalue weighted by Gasteiger charge is -2.06. The van der Waals surface area contributed by atoms with Crippen LogP contribution in [0.15, 0.2) is 57.5 Å². The van der Waals surface area contributed by atoms with Crippen molar-refractivity contribution in [1.29, 1.82) is 0 Å². The third kappa shape index (κ3) is 3.23. The van der Waals surface area contributed by atoms with Crippen LogP contribution in [0.5, 0.6) is 0 Å². The number of amides is 1. The van der Waals surface area contributed by atoms with Gasteiger partial charge in [0.1, 0.15) is 0 Å². The van der Waals surface area contributed by atoms with Crippen LogP contribution in [0.25, 0.3) is 11.4 Å². The summed E-state index contributed by atoms with van der Waals surface area (Å²) < 4.78 is 5.87. The van der Waals surface area contributed by atoms with Gasteiger partial charge in [-0.2, -0.15) is 4.98 Å². The zero-order valence-electron chi connectivity index (χ0n) is 11.7. The summed E-state index contributed by atoms with van der Waals surface area (Å²) in [5.74, 6) is 0.758. The molecule has 0 unspecified atom stereocenters. The Morgan fingerprint density at radius 1 is 1.18 bits per heavy atom. The van der Waals surface area contributed by atoms with Gasteiger partial charge < -0.3 is 9.84 Å². The quantitative estimate of drug-likeness (QED) is 0.767. The van der Waals surface area contributed by atoms with E-state index in [4.69, 9.17) is 4.52 Å². The molecule has 1 heterocycles. The minimum atomic E-state index is -0.194. The van der Waals surface area contributed by atoms with E-state index in [1.54, 1.807) is 25.1 Å². The minimum absolute atomic E-state index is 0.194. The number of hydrogen-bond donors (Lipinski definition) is 1. The molecule has 0 aliphatic rings. The smallest absolute Gasteiger partial charge is 0.255 e. The van der Waals surface area contributed by atoms with Crippen LogP contribution in [0, 0.1) is 6.92 Å². The second-order valence-electron chi connectivity index (χ2n) is 4.68. The fourth-order valence-corrected chi connectivity index (χ4v) is 2.38. The fourth-order valence-electron chi connectivity index (χ4n) is 1.99. The molecule has 0 saturated heterocycles. The van der Waals surface area contributed by atoms with Gasteiger partial charge in [-0.05, 0) is 30.3 Å². The van der Waals surface area contributed by atoms with Crippen molar-refractivity contribution in [3.05, 3.63) is 64.5 Å². The molecule has 0 fully saturated rings. The van der Waals surface area contributed by atoms with E-state index in [0.717, 1.165) is 15.7 Å². The first-order valence-corrected chi connectivity index (χ1v) is 7.39. The summed E-state index contributed by atoms with van der Waals surface area (Å²) in [6.07, 6.45) is 0. The Morgan fingerprint density at radius 2 is 2.00 bits per heavy atom. The number of aromatic nitrogens is 2. The summed E-state index contributed by atoms with van der Waals surface area (Å²) >= 11 is 3.37. The van der Waals surface area contributed by atoms with Crippen LogP contribution in [0.4, 0.5) is 5.69 Å². The van der Waals surface area contributed by atoms with E-state index in [9.17, 15) is 4.79 Å². The summed E-state index contributed by atoms with van der Waals surface area (Å²) in [5.41, 5.74) is 1.99. The Balaban J connectivity index is 1.84. The molecular weight excluding hydrogens is 346 g/mol. The molecule has 0 aliphatic heterocycles. The number of carbonyl (C=O) groups is 1. The van der Waals surface area contributed by atoms with Crippen LogP contribution in [-0.2, 0) is 0 Å². The number of anilines is 1. The number of aryl methyl sites for hydroxylation is 1. The number of carbonyl (C=O) groups excluding carboxylic acids is 1. The number of nitrogens with zero attached hydrogens (tertiary/aromatic N) is 2. The average molecular weight is 358 g/mol. The number of hydrogen-bond acceptors (Lipinski definition) is 4. The van der Waals surface area contributed by atoms with Gasteiger partial charge in [-0.3, -0.25) is 4.79 Å². The van der Waals surface area contributed by atoms with E-state index in [0.29, 0.717) is 17.3 Å². The molecule has 6 heteroatoms. The van der Waals surface area contributed by atoms with Crippen LogP contribution in [-0.4, -0.2) is 16.0 Å². The van der Waals surface area contributed by atoms with Crippen molar-refractivity contribution >= 4 is 27.5 Å². The highest BCUT2D eigenvalue weighted by Gasteiger charge is 2.10. The lowest BCUT2D eigenvalue weighted by Crippen LogP contribution is -2.11. The molecular formula is C16H12BrN3O2. The molecule has 3 rings (SSSR count). The SMILES string of the molecule is Cc1nc(-c2cccc(C(=O)Nc3cccc(Br)c3)c2)no1. The lowest BCUT2D eigenvalue weighted by molar-refractivity contribution is 0.102. The maximum Gasteiger partial charge on any atom is 0.255 e. The van der Waals surface area contributed by atoms with Crippen LogP contribution in [0.1, 0.15) is 16.2 Å². The summed E-state index contributed by atoms with van der Waals surface area (Å²) in [4.78, 5) is 16.5. The number of benzene rings is 2. The zero-order valence-corrected chi connectivity index (χ0v) is 13.3. The second kappa shape index (κ2) is 6.11. The average Bonchev–Trinajstić information content (AvgIpc) is 2.94. The molecule has 0 spiro atoms. The highest BCUT2D eigenvalue weighted by molar-refractivity contribution is 9.10. The Kier molecular flexibility index (Phi) is 4.02. The molecule has 0 radical (unpaired) electrons. The molecule has 0 bridgehead atoms. The summed E-state index contributed by atoms with van der Waals surface area (Å²) in [7, 11) is 0. The first kappa shape index (κ1) is 14.5. The molecule has 2 aromatic carbocycles. The first-order valence-electron chi connectivity index (χ1n) is 6.59. The second-order valence-corrected chi connectivity index (χ2v) is 5.60. The number of rotatable bonds is 3. The Bertz CT molecular complexity index is 830. The van der Waals surface area contributed by atoms with Crippen molar-refractivity contribution in [3.8, 4) is 11.4 Å². The molecule has 0 aliphatic carbocycles. The molecule has 1 amide bonds. The summed E-state index contributed by atoms with van der Waals surface area (Å²) in [6.45, 7) is 1.72. The molecule has 0 saturated carbocycles. The highest BCUT2D eigenvalue weighted by Crippen LogP contribution is 2.19. The highest BCUT2D eigenvalue weighted by atomic mass is 79.9. The normalized spacial score (nSPS) is 10.5. The standard InChI is InChI=1S/C16H12BrN3O2/c1-10-18-15(20-22-10)11-4-2-5-12(8-11)16(21)19-14-7-3-6-13(17)9-14/h2-9H,1H3,(H,19,21). The molecule has 0 atom stereocenters. The third-order valence-corrected chi connectivity index (χ3v) is 3.49. The minimum Gasteiger partial charge on any atom is -0.339 e. The van der Waals surface area contributed by atoms with Crippen molar-refractivity contribution < 1.29 is 9.32 Å². The molecule has 1 aromatic heterocycles. The molecule has 22 heavy (non-hydrogen) atoms. The van der Waals surface area contributed by atoms with E-state index in [1.807, 2.05) is 30.3 Å². The van der Waals surface area contributed by atoms with Crippen molar-refractivity contribution in [1.82, 2.24) is 10.1 Å². The molecule has 1 N–H and O–H groups in total. The number of nitrogens with one attached hydrogen (secondary N) is 1. The first-order chi connectivity index (χ1) is 10.6. The van der Waals surface area contributed by atoms with Gasteiger partial charge >= 0.3 is 0 Å². The Morgan fingerprint density at radius 3 is 2.73 bits per heavy atom. The van der Waals surface area contributed by atoms with Gasteiger partial charge in [-0.1, -0.05) is 39.3 Å². The van der Waals surface area contributed by atoms with E-state index in [2.05, 4.69) is 31.4 Å². The lowest BCUT2D eigenvalue weighted by atomic mass is 10.1. The van der Waals surface area contributed by atoms with Gasteiger partial charge in [-0.25, -0.2) is 0 Å². The Hall–Kier alpha value is -2.47. The van der Waals surface area contributed by atoms with Gasteiger partial charge in [0.15, 0.2) is 0 Å². The van der Waals surface area contributed by atoms with E-state index in [1.165, 1.54) is 0 Å². The van der Waals surface area contributed by atoms with Gasteiger partial charge in [0, 0.05) is 28.2 Å².